The van der Waals surface area contributed by atoms with E-state index in [9.17, 15) is 0 Å². The van der Waals surface area contributed by atoms with E-state index >= 15 is 0 Å². The van der Waals surface area contributed by atoms with Crippen molar-refractivity contribution < 1.29 is 0 Å². The Morgan fingerprint density at radius 2 is 2.14 bits per heavy atom. The molecule has 14 heavy (non-hydrogen) atoms. The average molecular weight is 206 g/mol. The largest absolute Gasteiger partial charge is 0.383 e. The molecule has 0 spiro atoms. The topological polar surface area (TPSA) is 24.9 Å². The van der Waals surface area contributed by atoms with E-state index in [2.05, 4.69) is 42.3 Å². The third-order valence-electron chi connectivity index (χ3n) is 1.95. The smallest absolute Gasteiger partial charge is 0.0907 e. The molecule has 0 fully saturated rings. The summed E-state index contributed by atoms with van der Waals surface area (Å²) >= 11 is 1.74. The molecular weight excluding hydrogens is 192 g/mol. The maximum absolute atomic E-state index is 4.46. The molecular formula is C11H14N2S. The van der Waals surface area contributed by atoms with Crippen LogP contribution in [0, 0.1) is 6.92 Å². The summed E-state index contributed by atoms with van der Waals surface area (Å²) in [5, 5.41) is 4.50. The summed E-state index contributed by atoms with van der Waals surface area (Å²) < 4.78 is 1.26. The van der Waals surface area contributed by atoms with Crippen molar-refractivity contribution in [2.45, 2.75) is 26.8 Å². The number of thiazole rings is 1. The normalized spacial score (nSPS) is 11.1. The number of benzene rings is 1. The number of nitrogens with one attached hydrogen (secondary N) is 1. The van der Waals surface area contributed by atoms with Crippen LogP contribution in [0.3, 0.4) is 0 Å². The number of nitrogens with zero attached hydrogens (tertiary/aromatic N) is 1. The van der Waals surface area contributed by atoms with Crippen LogP contribution in [-0.2, 0) is 0 Å². The summed E-state index contributed by atoms with van der Waals surface area (Å²) in [5.74, 6) is 0. The highest BCUT2D eigenvalue weighted by molar-refractivity contribution is 7.18. The molecule has 3 heteroatoms. The predicted molar refractivity (Wildman–Crippen MR) is 63.1 cm³/mol. The van der Waals surface area contributed by atoms with Gasteiger partial charge in [0.1, 0.15) is 0 Å². The first-order chi connectivity index (χ1) is 6.65. The lowest BCUT2D eigenvalue weighted by molar-refractivity contribution is 0.900. The molecule has 0 bridgehead atoms. The number of hydrogen-bond donors (Lipinski definition) is 1. The van der Waals surface area contributed by atoms with Gasteiger partial charge in [-0.2, -0.15) is 0 Å². The van der Waals surface area contributed by atoms with E-state index in [0.717, 1.165) is 16.2 Å². The number of hydrogen-bond acceptors (Lipinski definition) is 3. The van der Waals surface area contributed by atoms with Gasteiger partial charge >= 0.3 is 0 Å². The van der Waals surface area contributed by atoms with Gasteiger partial charge in [0.05, 0.1) is 15.2 Å². The maximum Gasteiger partial charge on any atom is 0.0907 e. The lowest BCUT2D eigenvalue weighted by atomic mass is 10.2. The molecule has 2 aromatic rings. The second-order valence-electron chi connectivity index (χ2n) is 3.71. The molecule has 0 unspecified atom stereocenters. The second-order valence-corrected chi connectivity index (χ2v) is 4.95. The summed E-state index contributed by atoms with van der Waals surface area (Å²) in [4.78, 5) is 4.46. The predicted octanol–water partition coefficient (Wildman–Crippen LogP) is 3.43. The molecule has 1 N–H and O–H groups in total. The van der Waals surface area contributed by atoms with Crippen molar-refractivity contribution >= 4 is 27.2 Å². The van der Waals surface area contributed by atoms with Gasteiger partial charge < -0.3 is 5.32 Å². The Bertz CT molecular complexity index is 445. The monoisotopic (exact) mass is 206 g/mol. The Kier molecular flexibility index (Phi) is 2.42. The minimum Gasteiger partial charge on any atom is -0.383 e. The van der Waals surface area contributed by atoms with Crippen LogP contribution < -0.4 is 5.32 Å². The summed E-state index contributed by atoms with van der Waals surface area (Å²) in [6.07, 6.45) is 0. The zero-order valence-electron chi connectivity index (χ0n) is 8.66. The molecule has 74 valence electrons. The molecule has 0 aliphatic rings. The van der Waals surface area contributed by atoms with E-state index in [4.69, 9.17) is 0 Å². The van der Waals surface area contributed by atoms with Crippen molar-refractivity contribution in [3.05, 3.63) is 23.2 Å². The zero-order valence-corrected chi connectivity index (χ0v) is 9.48. The van der Waals surface area contributed by atoms with Gasteiger partial charge in [0, 0.05) is 11.7 Å². The second kappa shape index (κ2) is 3.58. The van der Waals surface area contributed by atoms with Crippen molar-refractivity contribution in [3.63, 3.8) is 0 Å². The van der Waals surface area contributed by atoms with Crippen LogP contribution in [0.1, 0.15) is 18.9 Å². The van der Waals surface area contributed by atoms with Gasteiger partial charge in [-0.25, -0.2) is 4.98 Å². The molecule has 0 aliphatic heterocycles. The quantitative estimate of drug-likeness (QED) is 0.814. The van der Waals surface area contributed by atoms with Crippen molar-refractivity contribution in [2.75, 3.05) is 5.32 Å². The number of aryl methyl sites for hydroxylation is 1. The Labute approximate surface area is 88.0 Å². The fourth-order valence-electron chi connectivity index (χ4n) is 1.47. The van der Waals surface area contributed by atoms with E-state index < -0.39 is 0 Å². The fourth-order valence-corrected chi connectivity index (χ4v) is 2.27. The van der Waals surface area contributed by atoms with Crippen LogP contribution in [-0.4, -0.2) is 11.0 Å². The number of anilines is 1. The minimum atomic E-state index is 0.465. The zero-order chi connectivity index (χ0) is 10.1. The molecule has 0 aliphatic carbocycles. The SMILES string of the molecule is Cc1nc2cc(NC(C)C)ccc2s1. The van der Waals surface area contributed by atoms with Crippen LogP contribution in [0.4, 0.5) is 5.69 Å². The summed E-state index contributed by atoms with van der Waals surface area (Å²) in [6.45, 7) is 6.31. The maximum atomic E-state index is 4.46. The molecule has 2 rings (SSSR count). The number of aromatic nitrogens is 1. The van der Waals surface area contributed by atoms with Crippen LogP contribution in [0.5, 0.6) is 0 Å². The fraction of sp³-hybridized carbons (Fsp3) is 0.364. The van der Waals surface area contributed by atoms with E-state index in [-0.39, 0.29) is 0 Å². The molecule has 0 radical (unpaired) electrons. The molecule has 1 aromatic heterocycles. The van der Waals surface area contributed by atoms with E-state index in [1.54, 1.807) is 11.3 Å². The third-order valence-corrected chi connectivity index (χ3v) is 2.90. The minimum absolute atomic E-state index is 0.465. The Hall–Kier alpha value is -1.09. The highest BCUT2D eigenvalue weighted by Gasteiger charge is 2.01. The van der Waals surface area contributed by atoms with Crippen LogP contribution in [0.25, 0.3) is 10.2 Å². The highest BCUT2D eigenvalue weighted by Crippen LogP contribution is 2.24. The first kappa shape index (κ1) is 9.46. The summed E-state index contributed by atoms with van der Waals surface area (Å²) in [6, 6.07) is 6.82. The van der Waals surface area contributed by atoms with Gasteiger partial charge in [0.25, 0.3) is 0 Å². The Balaban J connectivity index is 2.40. The van der Waals surface area contributed by atoms with Gasteiger partial charge in [-0.1, -0.05) is 0 Å². The van der Waals surface area contributed by atoms with Gasteiger partial charge in [0.2, 0.25) is 0 Å². The molecule has 0 atom stereocenters. The van der Waals surface area contributed by atoms with Gasteiger partial charge in [0.15, 0.2) is 0 Å². The number of fused-ring (bicyclic) bond motifs is 1. The van der Waals surface area contributed by atoms with Crippen molar-refractivity contribution in [1.82, 2.24) is 4.98 Å². The van der Waals surface area contributed by atoms with Gasteiger partial charge in [-0.3, -0.25) is 0 Å². The van der Waals surface area contributed by atoms with E-state index in [0.29, 0.717) is 6.04 Å². The van der Waals surface area contributed by atoms with Crippen molar-refractivity contribution in [3.8, 4) is 0 Å². The highest BCUT2D eigenvalue weighted by atomic mass is 32.1. The number of rotatable bonds is 2. The summed E-state index contributed by atoms with van der Waals surface area (Å²) in [5.41, 5.74) is 2.25. The van der Waals surface area contributed by atoms with Gasteiger partial charge in [-0.05, 0) is 39.0 Å². The van der Waals surface area contributed by atoms with Crippen LogP contribution in [0.15, 0.2) is 18.2 Å². The standard InChI is InChI=1S/C11H14N2S/c1-7(2)12-9-4-5-11-10(6-9)13-8(3)14-11/h4-7,12H,1-3H3. The van der Waals surface area contributed by atoms with Crippen LogP contribution in [0.2, 0.25) is 0 Å². The molecule has 1 aromatic carbocycles. The average Bonchev–Trinajstić information content (AvgIpc) is 2.42. The lowest BCUT2D eigenvalue weighted by Gasteiger charge is -2.08. The molecule has 2 nitrogen and oxygen atoms in total. The Morgan fingerprint density at radius 1 is 1.36 bits per heavy atom. The molecule has 0 saturated heterocycles. The first-order valence-electron chi connectivity index (χ1n) is 4.79. The molecule has 1 heterocycles. The van der Waals surface area contributed by atoms with Gasteiger partial charge in [-0.15, -0.1) is 11.3 Å². The van der Waals surface area contributed by atoms with E-state index in [1.165, 1.54) is 4.70 Å². The Morgan fingerprint density at radius 3 is 2.86 bits per heavy atom. The van der Waals surface area contributed by atoms with Crippen LogP contribution >= 0.6 is 11.3 Å². The third kappa shape index (κ3) is 1.87. The first-order valence-corrected chi connectivity index (χ1v) is 5.60. The molecule has 0 saturated carbocycles. The summed E-state index contributed by atoms with van der Waals surface area (Å²) in [7, 11) is 0. The van der Waals surface area contributed by atoms with Crippen molar-refractivity contribution in [2.24, 2.45) is 0 Å². The van der Waals surface area contributed by atoms with E-state index in [1.807, 2.05) is 6.92 Å². The van der Waals surface area contributed by atoms with Crippen molar-refractivity contribution in [1.29, 1.82) is 0 Å². The molecule has 0 amide bonds. The lowest BCUT2D eigenvalue weighted by Crippen LogP contribution is -2.09.